The zero-order chi connectivity index (χ0) is 22.5. The van der Waals surface area contributed by atoms with Crippen molar-refractivity contribution in [2.45, 2.75) is 12.8 Å². The van der Waals surface area contributed by atoms with Gasteiger partial charge in [0.1, 0.15) is 18.0 Å². The zero-order valence-electron chi connectivity index (χ0n) is 18.2. The summed E-state index contributed by atoms with van der Waals surface area (Å²) in [4.78, 5) is 21.4. The maximum Gasteiger partial charge on any atom is 0.203 e. The zero-order valence-corrected chi connectivity index (χ0v) is 18.2. The number of hydrogen-bond acceptors (Lipinski definition) is 7. The third-order valence-corrected chi connectivity index (χ3v) is 5.03. The van der Waals surface area contributed by atoms with Crippen LogP contribution < -0.4 is 10.2 Å². The molecular formula is C23H24N6O3. The molecule has 3 aromatic heterocycles. The van der Waals surface area contributed by atoms with Crippen molar-refractivity contribution in [3.8, 4) is 22.8 Å². The third kappa shape index (κ3) is 4.73. The van der Waals surface area contributed by atoms with E-state index in [-0.39, 0.29) is 11.3 Å². The highest BCUT2D eigenvalue weighted by atomic mass is 16.5. The van der Waals surface area contributed by atoms with Crippen LogP contribution in [0, 0.1) is 0 Å². The number of rotatable bonds is 8. The number of aryl methyl sites for hydroxylation is 1. The summed E-state index contributed by atoms with van der Waals surface area (Å²) >= 11 is 0. The van der Waals surface area contributed by atoms with Gasteiger partial charge in [-0.05, 0) is 11.6 Å². The van der Waals surface area contributed by atoms with Crippen molar-refractivity contribution in [1.82, 2.24) is 29.5 Å². The number of methoxy groups -OCH3 is 1. The van der Waals surface area contributed by atoms with Crippen molar-refractivity contribution in [3.63, 3.8) is 0 Å². The van der Waals surface area contributed by atoms with Crippen molar-refractivity contribution in [2.75, 3.05) is 20.3 Å². The lowest BCUT2D eigenvalue weighted by Gasteiger charge is -2.13. The molecule has 0 radical (unpaired) electrons. The molecule has 0 N–H and O–H groups in total. The van der Waals surface area contributed by atoms with E-state index in [1.165, 1.54) is 6.07 Å². The molecule has 1 unspecified atom stereocenters. The van der Waals surface area contributed by atoms with Crippen molar-refractivity contribution in [3.05, 3.63) is 82.8 Å². The summed E-state index contributed by atoms with van der Waals surface area (Å²) in [6.07, 6.45) is 8.47. The van der Waals surface area contributed by atoms with Gasteiger partial charge < -0.3 is 9.47 Å². The van der Waals surface area contributed by atoms with Gasteiger partial charge in [-0.25, -0.2) is 14.6 Å². The third-order valence-electron chi connectivity index (χ3n) is 5.03. The summed E-state index contributed by atoms with van der Waals surface area (Å²) < 4.78 is 13.8. The van der Waals surface area contributed by atoms with Crippen LogP contribution in [-0.2, 0) is 11.8 Å². The van der Waals surface area contributed by atoms with Crippen molar-refractivity contribution in [2.24, 2.45) is 7.05 Å². The van der Waals surface area contributed by atoms with Gasteiger partial charge in [0.15, 0.2) is 11.6 Å². The van der Waals surface area contributed by atoms with Gasteiger partial charge in [0.05, 0.1) is 31.4 Å². The fraction of sp³-hybridized carbons (Fsp3) is 0.261. The average molecular weight is 432 g/mol. The Kier molecular flexibility index (Phi) is 6.37. The first-order valence-electron chi connectivity index (χ1n) is 10.2. The Balaban J connectivity index is 1.59. The minimum atomic E-state index is -0.219. The molecule has 0 saturated carbocycles. The Labute approximate surface area is 185 Å². The second-order valence-electron chi connectivity index (χ2n) is 7.31. The number of hydrogen-bond donors (Lipinski definition) is 0. The average Bonchev–Trinajstić information content (AvgIpc) is 3.26. The van der Waals surface area contributed by atoms with Crippen LogP contribution in [0.4, 0.5) is 0 Å². The van der Waals surface area contributed by atoms with Gasteiger partial charge in [0.25, 0.3) is 0 Å². The Hall–Kier alpha value is -3.85. The standard InChI is InChI=1S/C23H24N6O3/c1-16(22-21(30)7-8-29(27-22)19-12-26-28(2)15-19)17-5-4-6-18(11-17)23-24-13-20(14-25-23)32-10-9-31-3/h4-8,11-16H,9-10H2,1-3H3. The number of aromatic nitrogens is 6. The van der Waals surface area contributed by atoms with Crippen LogP contribution in [0.5, 0.6) is 5.75 Å². The molecule has 0 aliphatic rings. The topological polar surface area (TPSA) is 97.0 Å². The predicted octanol–water partition coefficient (Wildman–Crippen LogP) is 2.60. The van der Waals surface area contributed by atoms with Gasteiger partial charge in [-0.1, -0.05) is 25.1 Å². The van der Waals surface area contributed by atoms with E-state index in [4.69, 9.17) is 9.47 Å². The highest BCUT2D eigenvalue weighted by molar-refractivity contribution is 5.57. The smallest absolute Gasteiger partial charge is 0.203 e. The number of benzene rings is 1. The molecule has 0 amide bonds. The molecule has 9 nitrogen and oxygen atoms in total. The van der Waals surface area contributed by atoms with Crippen LogP contribution >= 0.6 is 0 Å². The normalized spacial score (nSPS) is 12.0. The van der Waals surface area contributed by atoms with Crippen LogP contribution in [0.15, 0.2) is 66.1 Å². The van der Waals surface area contributed by atoms with E-state index in [1.807, 2.05) is 44.4 Å². The molecule has 0 bridgehead atoms. The van der Waals surface area contributed by atoms with Crippen molar-refractivity contribution in [1.29, 1.82) is 0 Å². The molecule has 3 heterocycles. The lowest BCUT2D eigenvalue weighted by Crippen LogP contribution is -2.18. The SMILES string of the molecule is COCCOc1cnc(-c2cccc(C(C)c3nn(-c4cnn(C)c4)ccc3=O)c2)nc1. The summed E-state index contributed by atoms with van der Waals surface area (Å²) in [5.41, 5.74) is 2.92. The highest BCUT2D eigenvalue weighted by Gasteiger charge is 2.16. The maximum atomic E-state index is 12.6. The van der Waals surface area contributed by atoms with Crippen LogP contribution in [-0.4, -0.2) is 49.9 Å². The molecule has 0 aliphatic heterocycles. The molecule has 9 heteroatoms. The quantitative estimate of drug-likeness (QED) is 0.395. The monoisotopic (exact) mass is 432 g/mol. The highest BCUT2D eigenvalue weighted by Crippen LogP contribution is 2.25. The first kappa shape index (κ1) is 21.4. The van der Waals surface area contributed by atoms with Crippen LogP contribution in [0.25, 0.3) is 17.1 Å². The van der Waals surface area contributed by atoms with Gasteiger partial charge in [-0.2, -0.15) is 10.2 Å². The lowest BCUT2D eigenvalue weighted by atomic mass is 9.95. The molecule has 0 fully saturated rings. The molecule has 0 aliphatic carbocycles. The fourth-order valence-corrected chi connectivity index (χ4v) is 3.28. The molecule has 1 atom stereocenters. The molecule has 164 valence electrons. The van der Waals surface area contributed by atoms with E-state index < -0.39 is 0 Å². The first-order chi connectivity index (χ1) is 15.5. The molecule has 0 saturated heterocycles. The van der Waals surface area contributed by atoms with Gasteiger partial charge >= 0.3 is 0 Å². The van der Waals surface area contributed by atoms with Gasteiger partial charge in [0, 0.05) is 37.9 Å². The Bertz CT molecular complexity index is 1250. The van der Waals surface area contributed by atoms with Crippen molar-refractivity contribution < 1.29 is 9.47 Å². The van der Waals surface area contributed by atoms with Crippen molar-refractivity contribution >= 4 is 0 Å². The van der Waals surface area contributed by atoms with E-state index in [1.54, 1.807) is 41.3 Å². The first-order valence-corrected chi connectivity index (χ1v) is 10.2. The van der Waals surface area contributed by atoms with Crippen LogP contribution in [0.2, 0.25) is 0 Å². The Morgan fingerprint density at radius 3 is 2.62 bits per heavy atom. The van der Waals surface area contributed by atoms with Crippen LogP contribution in [0.1, 0.15) is 24.1 Å². The summed E-state index contributed by atoms with van der Waals surface area (Å²) in [6, 6.07) is 9.34. The van der Waals surface area contributed by atoms with E-state index in [0.717, 1.165) is 16.8 Å². The summed E-state index contributed by atoms with van der Waals surface area (Å²) in [6.45, 7) is 2.90. The molecule has 0 spiro atoms. The van der Waals surface area contributed by atoms with E-state index in [2.05, 4.69) is 20.2 Å². The largest absolute Gasteiger partial charge is 0.488 e. The van der Waals surface area contributed by atoms with Gasteiger partial charge in [-0.3, -0.25) is 9.48 Å². The summed E-state index contributed by atoms with van der Waals surface area (Å²) in [5, 5.41) is 8.74. The van der Waals surface area contributed by atoms with E-state index in [9.17, 15) is 4.79 Å². The minimum Gasteiger partial charge on any atom is -0.488 e. The molecule has 4 aromatic rings. The minimum absolute atomic E-state index is 0.114. The summed E-state index contributed by atoms with van der Waals surface area (Å²) in [5.74, 6) is 0.940. The Morgan fingerprint density at radius 1 is 1.09 bits per heavy atom. The van der Waals surface area contributed by atoms with E-state index >= 15 is 0 Å². The maximum absolute atomic E-state index is 12.6. The molecular weight excluding hydrogens is 408 g/mol. The summed E-state index contributed by atoms with van der Waals surface area (Å²) in [7, 11) is 3.46. The number of nitrogens with zero attached hydrogens (tertiary/aromatic N) is 6. The Morgan fingerprint density at radius 2 is 1.91 bits per heavy atom. The van der Waals surface area contributed by atoms with E-state index in [0.29, 0.717) is 30.5 Å². The second kappa shape index (κ2) is 9.52. The lowest BCUT2D eigenvalue weighted by molar-refractivity contribution is 0.146. The van der Waals surface area contributed by atoms with Crippen LogP contribution in [0.3, 0.4) is 0 Å². The molecule has 4 rings (SSSR count). The second-order valence-corrected chi connectivity index (χ2v) is 7.31. The van der Waals surface area contributed by atoms with Gasteiger partial charge in [-0.15, -0.1) is 0 Å². The number of ether oxygens (including phenoxy) is 2. The predicted molar refractivity (Wildman–Crippen MR) is 119 cm³/mol. The fourth-order valence-electron chi connectivity index (χ4n) is 3.28. The van der Waals surface area contributed by atoms with Gasteiger partial charge in [0.2, 0.25) is 5.43 Å². The molecule has 1 aromatic carbocycles. The molecule has 32 heavy (non-hydrogen) atoms.